The molecule has 0 saturated carbocycles. The fourth-order valence-electron chi connectivity index (χ4n) is 1.83. The molecule has 7 heteroatoms. The minimum Gasteiger partial charge on any atom is -0.356 e. The Morgan fingerprint density at radius 2 is 2.30 bits per heavy atom. The summed E-state index contributed by atoms with van der Waals surface area (Å²) >= 11 is 7.27. The highest BCUT2D eigenvalue weighted by atomic mass is 35.5. The predicted molar refractivity (Wildman–Crippen MR) is 81.0 cm³/mol. The smallest absolute Gasteiger partial charge is 0.238 e. The first-order valence-electron chi connectivity index (χ1n) is 6.34. The molecule has 0 radical (unpaired) electrons. The minimum atomic E-state index is -0.415. The number of rotatable bonds is 5. The van der Waals surface area contributed by atoms with Crippen LogP contribution in [0.1, 0.15) is 12.8 Å². The lowest BCUT2D eigenvalue weighted by molar-refractivity contribution is -0.124. The number of hydrogen-bond acceptors (Lipinski definition) is 4. The number of carbonyl (C=O) groups excluding carboxylic acids is 2. The molecule has 4 N–H and O–H groups in total. The topological polar surface area (TPSA) is 84.2 Å². The van der Waals surface area contributed by atoms with E-state index in [-0.39, 0.29) is 18.2 Å². The Labute approximate surface area is 126 Å². The molecule has 0 bridgehead atoms. The molecule has 1 aromatic rings. The van der Waals surface area contributed by atoms with Gasteiger partial charge in [-0.1, -0.05) is 11.6 Å². The minimum absolute atomic E-state index is 0.136. The van der Waals surface area contributed by atoms with Crippen LogP contribution in [-0.2, 0) is 9.59 Å². The Bertz CT molecular complexity index is 524. The second kappa shape index (κ2) is 6.97. The van der Waals surface area contributed by atoms with Crippen molar-refractivity contribution in [2.45, 2.75) is 23.0 Å². The van der Waals surface area contributed by atoms with Crippen LogP contribution in [0.5, 0.6) is 0 Å². The molecular weight excluding hydrogens is 298 g/mol. The lowest BCUT2D eigenvalue weighted by Crippen LogP contribution is -2.35. The molecule has 2 rings (SSSR count). The summed E-state index contributed by atoms with van der Waals surface area (Å²) < 4.78 is 0. The molecular formula is C13H16ClN3O2S. The number of nitrogens with one attached hydrogen (secondary N) is 2. The van der Waals surface area contributed by atoms with Crippen molar-refractivity contribution in [1.29, 1.82) is 0 Å². The van der Waals surface area contributed by atoms with Crippen LogP contribution < -0.4 is 16.4 Å². The van der Waals surface area contributed by atoms with Crippen LogP contribution in [0.3, 0.4) is 0 Å². The molecule has 0 saturated heterocycles. The van der Waals surface area contributed by atoms with Gasteiger partial charge in [-0.2, -0.15) is 0 Å². The lowest BCUT2D eigenvalue weighted by Gasteiger charge is -2.23. The van der Waals surface area contributed by atoms with Crippen molar-refractivity contribution in [1.82, 2.24) is 5.32 Å². The van der Waals surface area contributed by atoms with Crippen LogP contribution in [0.2, 0.25) is 5.02 Å². The maximum absolute atomic E-state index is 12.0. The van der Waals surface area contributed by atoms with E-state index in [9.17, 15) is 9.59 Å². The van der Waals surface area contributed by atoms with E-state index in [1.165, 1.54) is 11.8 Å². The third kappa shape index (κ3) is 3.88. The highest BCUT2D eigenvalue weighted by molar-refractivity contribution is 8.01. The number of hydrogen-bond donors (Lipinski definition) is 3. The highest BCUT2D eigenvalue weighted by Gasteiger charge is 2.28. The van der Waals surface area contributed by atoms with Gasteiger partial charge in [-0.3, -0.25) is 9.59 Å². The van der Waals surface area contributed by atoms with E-state index in [0.717, 1.165) is 11.3 Å². The largest absolute Gasteiger partial charge is 0.356 e. The summed E-state index contributed by atoms with van der Waals surface area (Å²) in [5.74, 6) is -0.303. The van der Waals surface area contributed by atoms with Gasteiger partial charge < -0.3 is 16.4 Å². The third-order valence-corrected chi connectivity index (χ3v) is 4.35. The Morgan fingerprint density at radius 1 is 1.50 bits per heavy atom. The van der Waals surface area contributed by atoms with Gasteiger partial charge in [0.1, 0.15) is 0 Å². The van der Waals surface area contributed by atoms with Crippen molar-refractivity contribution < 1.29 is 9.59 Å². The molecule has 1 aliphatic rings. The summed E-state index contributed by atoms with van der Waals surface area (Å²) in [5, 5.41) is 5.69. The summed E-state index contributed by atoms with van der Waals surface area (Å²) in [6.45, 7) is 1.08. The maximum atomic E-state index is 12.0. The summed E-state index contributed by atoms with van der Waals surface area (Å²) in [4.78, 5) is 24.6. The van der Waals surface area contributed by atoms with Crippen molar-refractivity contribution in [2.24, 2.45) is 5.73 Å². The van der Waals surface area contributed by atoms with Crippen LogP contribution in [0.25, 0.3) is 0 Å². The van der Waals surface area contributed by atoms with Crippen LogP contribution >= 0.6 is 23.4 Å². The van der Waals surface area contributed by atoms with E-state index >= 15 is 0 Å². The van der Waals surface area contributed by atoms with Crippen LogP contribution in [0, 0.1) is 0 Å². The second-order valence-corrected chi connectivity index (χ2v) is 6.11. The average molecular weight is 314 g/mol. The van der Waals surface area contributed by atoms with Crippen molar-refractivity contribution in [3.05, 3.63) is 23.2 Å². The normalized spacial score (nSPS) is 17.3. The average Bonchev–Trinajstić information content (AvgIpc) is 2.40. The Balaban J connectivity index is 1.95. The zero-order valence-corrected chi connectivity index (χ0v) is 12.4. The van der Waals surface area contributed by atoms with E-state index in [1.54, 1.807) is 12.1 Å². The third-order valence-electron chi connectivity index (χ3n) is 2.83. The number of fused-ring (bicyclic) bond motifs is 1. The fraction of sp³-hybridized carbons (Fsp3) is 0.385. The molecule has 0 aromatic heterocycles. The molecule has 1 aromatic carbocycles. The van der Waals surface area contributed by atoms with Gasteiger partial charge in [-0.25, -0.2) is 0 Å². The molecule has 0 aliphatic carbocycles. The molecule has 20 heavy (non-hydrogen) atoms. The van der Waals surface area contributed by atoms with Crippen LogP contribution in [0.15, 0.2) is 23.1 Å². The first-order chi connectivity index (χ1) is 9.60. The van der Waals surface area contributed by atoms with E-state index < -0.39 is 5.25 Å². The van der Waals surface area contributed by atoms with Crippen LogP contribution in [0.4, 0.5) is 5.69 Å². The van der Waals surface area contributed by atoms with Crippen molar-refractivity contribution >= 4 is 40.9 Å². The zero-order chi connectivity index (χ0) is 14.5. The number of carbonyl (C=O) groups is 2. The summed E-state index contributed by atoms with van der Waals surface area (Å²) in [6, 6.07) is 5.32. The molecule has 2 amide bonds. The molecule has 1 unspecified atom stereocenters. The standard InChI is InChI=1S/C13H16ClN3O2S/c14-8-2-3-10-9(6-8)17-13(19)11(20-10)7-12(18)16-5-1-4-15/h2-3,6,11H,1,4-5,7,15H2,(H,16,18)(H,17,19). The van der Waals surface area contributed by atoms with Gasteiger partial charge in [-0.15, -0.1) is 11.8 Å². The quantitative estimate of drug-likeness (QED) is 0.721. The van der Waals surface area contributed by atoms with Crippen molar-refractivity contribution in [2.75, 3.05) is 18.4 Å². The Kier molecular flexibility index (Phi) is 5.28. The summed E-state index contributed by atoms with van der Waals surface area (Å²) in [6.07, 6.45) is 0.889. The number of halogens is 1. The molecule has 0 fully saturated rings. The van der Waals surface area contributed by atoms with Crippen molar-refractivity contribution in [3.63, 3.8) is 0 Å². The number of anilines is 1. The fourth-order valence-corrected chi connectivity index (χ4v) is 3.09. The van der Waals surface area contributed by atoms with Crippen LogP contribution in [-0.4, -0.2) is 30.2 Å². The van der Waals surface area contributed by atoms with Gasteiger partial charge in [-0.05, 0) is 31.2 Å². The van der Waals surface area contributed by atoms with Gasteiger partial charge in [0.2, 0.25) is 11.8 Å². The first-order valence-corrected chi connectivity index (χ1v) is 7.59. The second-order valence-electron chi connectivity index (χ2n) is 4.43. The molecule has 5 nitrogen and oxygen atoms in total. The SMILES string of the molecule is NCCCNC(=O)CC1Sc2ccc(Cl)cc2NC1=O. The van der Waals surface area contributed by atoms with Gasteiger partial charge >= 0.3 is 0 Å². The number of thioether (sulfide) groups is 1. The van der Waals surface area contributed by atoms with Gasteiger partial charge in [0.05, 0.1) is 10.9 Å². The molecule has 1 aliphatic heterocycles. The molecule has 108 valence electrons. The maximum Gasteiger partial charge on any atom is 0.238 e. The summed E-state index contributed by atoms with van der Waals surface area (Å²) in [5.41, 5.74) is 6.06. The number of amides is 2. The van der Waals surface area contributed by atoms with Gasteiger partial charge in [0, 0.05) is 22.9 Å². The molecule has 1 heterocycles. The molecule has 1 atom stereocenters. The van der Waals surface area contributed by atoms with Gasteiger partial charge in [0.25, 0.3) is 0 Å². The monoisotopic (exact) mass is 313 g/mol. The Hall–Kier alpha value is -1.24. The molecule has 0 spiro atoms. The number of benzene rings is 1. The lowest BCUT2D eigenvalue weighted by atomic mass is 10.2. The van der Waals surface area contributed by atoms with Crippen molar-refractivity contribution in [3.8, 4) is 0 Å². The van der Waals surface area contributed by atoms with E-state index in [2.05, 4.69) is 10.6 Å². The first kappa shape index (κ1) is 15.2. The Morgan fingerprint density at radius 3 is 3.05 bits per heavy atom. The van der Waals surface area contributed by atoms with E-state index in [1.807, 2.05) is 6.07 Å². The van der Waals surface area contributed by atoms with E-state index in [0.29, 0.717) is 23.8 Å². The zero-order valence-electron chi connectivity index (χ0n) is 10.8. The number of nitrogens with two attached hydrogens (primary N) is 1. The highest BCUT2D eigenvalue weighted by Crippen LogP contribution is 2.38. The predicted octanol–water partition coefficient (Wildman–Crippen LogP) is 1.61. The van der Waals surface area contributed by atoms with E-state index in [4.69, 9.17) is 17.3 Å². The van der Waals surface area contributed by atoms with Gasteiger partial charge in [0.15, 0.2) is 0 Å². The summed E-state index contributed by atoms with van der Waals surface area (Å²) in [7, 11) is 0.